The summed E-state index contributed by atoms with van der Waals surface area (Å²) in [7, 11) is -3.68. The van der Waals surface area contributed by atoms with Crippen molar-refractivity contribution in [2.75, 3.05) is 11.9 Å². The fourth-order valence-corrected chi connectivity index (χ4v) is 4.55. The minimum Gasteiger partial charge on any atom is -0.435 e. The van der Waals surface area contributed by atoms with E-state index < -0.39 is 22.5 Å². The highest BCUT2D eigenvalue weighted by molar-refractivity contribution is 7.89. The minimum atomic E-state index is -3.68. The van der Waals surface area contributed by atoms with E-state index in [2.05, 4.69) is 26.3 Å². The van der Waals surface area contributed by atoms with Gasteiger partial charge in [0.15, 0.2) is 5.13 Å². The number of aromatic nitrogens is 1. The Labute approximate surface area is 187 Å². The number of amides is 1. The Morgan fingerprint density at radius 2 is 1.84 bits per heavy atom. The molecule has 0 spiro atoms. The number of rotatable bonds is 9. The lowest BCUT2D eigenvalue weighted by molar-refractivity contribution is -0.0498. The van der Waals surface area contributed by atoms with E-state index in [0.717, 1.165) is 4.88 Å². The molecule has 3 rings (SSSR count). The number of nitrogens with one attached hydrogen (secondary N) is 2. The monoisotopic (exact) mass is 479 g/mol. The second kappa shape index (κ2) is 9.98. The predicted molar refractivity (Wildman–Crippen MR) is 119 cm³/mol. The molecule has 32 heavy (non-hydrogen) atoms. The molecule has 168 valence electrons. The van der Waals surface area contributed by atoms with Crippen LogP contribution in [0.25, 0.3) is 11.3 Å². The summed E-state index contributed by atoms with van der Waals surface area (Å²) >= 11 is 1.25. The van der Waals surface area contributed by atoms with Crippen molar-refractivity contribution in [1.82, 2.24) is 9.71 Å². The third-order valence-corrected chi connectivity index (χ3v) is 6.54. The van der Waals surface area contributed by atoms with Gasteiger partial charge in [0.25, 0.3) is 5.91 Å². The van der Waals surface area contributed by atoms with E-state index in [1.54, 1.807) is 12.1 Å². The summed E-state index contributed by atoms with van der Waals surface area (Å²) in [6, 6.07) is 11.5. The molecule has 0 fully saturated rings. The molecule has 0 saturated carbocycles. The van der Waals surface area contributed by atoms with Crippen LogP contribution in [0.3, 0.4) is 0 Å². The van der Waals surface area contributed by atoms with E-state index in [1.165, 1.54) is 53.8 Å². The van der Waals surface area contributed by atoms with Gasteiger partial charge in [0, 0.05) is 22.5 Å². The number of hydrogen-bond donors (Lipinski definition) is 2. The lowest BCUT2D eigenvalue weighted by atomic mass is 10.1. The van der Waals surface area contributed by atoms with Gasteiger partial charge in [-0.2, -0.15) is 8.78 Å². The van der Waals surface area contributed by atoms with E-state index in [0.29, 0.717) is 16.4 Å². The number of halogens is 2. The van der Waals surface area contributed by atoms with Gasteiger partial charge in [0.05, 0.1) is 10.6 Å². The normalized spacial score (nSPS) is 11.4. The molecule has 0 radical (unpaired) electrons. The van der Waals surface area contributed by atoms with Crippen LogP contribution in [-0.2, 0) is 10.0 Å². The summed E-state index contributed by atoms with van der Waals surface area (Å²) in [6.07, 6.45) is 1.43. The fourth-order valence-electron chi connectivity index (χ4n) is 2.72. The Bertz CT molecular complexity index is 1210. The molecule has 0 saturated heterocycles. The lowest BCUT2D eigenvalue weighted by Gasteiger charge is -2.06. The molecule has 11 heteroatoms. The average Bonchev–Trinajstić information content (AvgIpc) is 3.12. The number of sulfonamides is 1. The zero-order chi connectivity index (χ0) is 23.3. The quantitative estimate of drug-likeness (QED) is 0.443. The standard InChI is InChI=1S/C21H19F2N3O4S2/c1-3-12-24-32(28,29)17-10-6-15(7-11-17)19(27)26-21-25-18(13(2)31-21)14-4-8-16(9-5-14)30-20(22)23/h3-11,20,24H,1,12H2,2H3,(H,25,26,27). The number of benzene rings is 2. The van der Waals surface area contributed by atoms with Crippen molar-refractivity contribution in [2.45, 2.75) is 18.4 Å². The molecule has 0 bridgehead atoms. The minimum absolute atomic E-state index is 0.0301. The highest BCUT2D eigenvalue weighted by atomic mass is 32.2. The third-order valence-electron chi connectivity index (χ3n) is 4.21. The molecule has 0 atom stereocenters. The van der Waals surface area contributed by atoms with E-state index >= 15 is 0 Å². The van der Waals surface area contributed by atoms with Crippen molar-refractivity contribution in [3.8, 4) is 17.0 Å². The number of nitrogens with zero attached hydrogens (tertiary/aromatic N) is 1. The number of thiazole rings is 1. The Balaban J connectivity index is 1.71. The molecule has 1 amide bonds. The van der Waals surface area contributed by atoms with Crippen LogP contribution >= 0.6 is 11.3 Å². The van der Waals surface area contributed by atoms with Crippen LogP contribution in [0, 0.1) is 6.92 Å². The molecule has 1 aromatic heterocycles. The van der Waals surface area contributed by atoms with Crippen molar-refractivity contribution in [2.24, 2.45) is 0 Å². The molecule has 0 aliphatic heterocycles. The van der Waals surface area contributed by atoms with E-state index in [1.807, 2.05) is 6.92 Å². The summed E-state index contributed by atoms with van der Waals surface area (Å²) in [5.74, 6) is -0.413. The molecule has 7 nitrogen and oxygen atoms in total. The first kappa shape index (κ1) is 23.5. The van der Waals surface area contributed by atoms with Crippen LogP contribution in [-0.4, -0.2) is 32.5 Å². The summed E-state index contributed by atoms with van der Waals surface area (Å²) in [4.78, 5) is 17.8. The Hall–Kier alpha value is -3.15. The second-order valence-electron chi connectivity index (χ2n) is 6.45. The number of ether oxygens (including phenoxy) is 1. The van der Waals surface area contributed by atoms with E-state index in [9.17, 15) is 22.0 Å². The van der Waals surface area contributed by atoms with Gasteiger partial charge in [0.1, 0.15) is 5.75 Å². The van der Waals surface area contributed by atoms with Gasteiger partial charge in [-0.25, -0.2) is 18.1 Å². The zero-order valence-corrected chi connectivity index (χ0v) is 18.5. The molecule has 0 aliphatic rings. The van der Waals surface area contributed by atoms with Gasteiger partial charge in [-0.05, 0) is 55.5 Å². The summed E-state index contributed by atoms with van der Waals surface area (Å²) < 4.78 is 55.5. The summed E-state index contributed by atoms with van der Waals surface area (Å²) in [5, 5.41) is 3.03. The van der Waals surface area contributed by atoms with Crippen LogP contribution in [0.5, 0.6) is 5.75 Å². The maximum absolute atomic E-state index is 12.5. The Morgan fingerprint density at radius 3 is 2.44 bits per heavy atom. The molecule has 0 unspecified atom stereocenters. The van der Waals surface area contributed by atoms with Crippen LogP contribution in [0.15, 0.2) is 66.1 Å². The third kappa shape index (κ3) is 5.75. The number of carbonyl (C=O) groups is 1. The molecule has 2 N–H and O–H groups in total. The van der Waals surface area contributed by atoms with E-state index in [4.69, 9.17) is 0 Å². The Kier molecular flexibility index (Phi) is 7.33. The largest absolute Gasteiger partial charge is 0.435 e. The smallest absolute Gasteiger partial charge is 0.387 e. The maximum atomic E-state index is 12.5. The van der Waals surface area contributed by atoms with Crippen LogP contribution < -0.4 is 14.8 Å². The molecular weight excluding hydrogens is 460 g/mol. The van der Waals surface area contributed by atoms with E-state index in [-0.39, 0.29) is 22.8 Å². The summed E-state index contributed by atoms with van der Waals surface area (Å²) in [5.41, 5.74) is 1.54. The maximum Gasteiger partial charge on any atom is 0.387 e. The molecular formula is C21H19F2N3O4S2. The zero-order valence-electron chi connectivity index (χ0n) is 16.8. The van der Waals surface area contributed by atoms with Crippen molar-refractivity contribution < 1.29 is 26.7 Å². The SMILES string of the molecule is C=CCNS(=O)(=O)c1ccc(C(=O)Nc2nc(-c3ccc(OC(F)F)cc3)c(C)s2)cc1. The fraction of sp³-hybridized carbons (Fsp3) is 0.143. The van der Waals surface area contributed by atoms with Gasteiger partial charge < -0.3 is 4.74 Å². The highest BCUT2D eigenvalue weighted by Gasteiger charge is 2.16. The van der Waals surface area contributed by atoms with Gasteiger partial charge in [-0.3, -0.25) is 10.1 Å². The number of hydrogen-bond acceptors (Lipinski definition) is 6. The second-order valence-corrected chi connectivity index (χ2v) is 9.42. The van der Waals surface area contributed by atoms with Gasteiger partial charge >= 0.3 is 6.61 Å². The first-order valence-electron chi connectivity index (χ1n) is 9.24. The predicted octanol–water partition coefficient (Wildman–Crippen LogP) is 4.44. The van der Waals surface area contributed by atoms with Gasteiger partial charge in [-0.1, -0.05) is 6.08 Å². The van der Waals surface area contributed by atoms with Crippen molar-refractivity contribution >= 4 is 32.4 Å². The lowest BCUT2D eigenvalue weighted by Crippen LogP contribution is -2.23. The van der Waals surface area contributed by atoms with Crippen LogP contribution in [0.2, 0.25) is 0 Å². The average molecular weight is 480 g/mol. The summed E-state index contributed by atoms with van der Waals surface area (Å²) in [6.45, 7) is 2.47. The van der Waals surface area contributed by atoms with Crippen molar-refractivity contribution in [1.29, 1.82) is 0 Å². The molecule has 2 aromatic carbocycles. The first-order chi connectivity index (χ1) is 15.2. The molecule has 0 aliphatic carbocycles. The van der Waals surface area contributed by atoms with Crippen molar-refractivity contribution in [3.05, 3.63) is 71.6 Å². The van der Waals surface area contributed by atoms with Gasteiger partial charge in [0.2, 0.25) is 10.0 Å². The van der Waals surface area contributed by atoms with Gasteiger partial charge in [-0.15, -0.1) is 17.9 Å². The van der Waals surface area contributed by atoms with Crippen molar-refractivity contribution in [3.63, 3.8) is 0 Å². The number of anilines is 1. The first-order valence-corrected chi connectivity index (χ1v) is 11.5. The molecule has 1 heterocycles. The number of alkyl halides is 2. The number of aryl methyl sites for hydroxylation is 1. The van der Waals surface area contributed by atoms with Crippen LogP contribution in [0.1, 0.15) is 15.2 Å². The van der Waals surface area contributed by atoms with Crippen LogP contribution in [0.4, 0.5) is 13.9 Å². The Morgan fingerprint density at radius 1 is 1.19 bits per heavy atom. The molecule has 3 aromatic rings. The topological polar surface area (TPSA) is 97.4 Å². The highest BCUT2D eigenvalue weighted by Crippen LogP contribution is 2.31. The number of carbonyl (C=O) groups excluding carboxylic acids is 1.